The molecule has 0 radical (unpaired) electrons. The van der Waals surface area contributed by atoms with Crippen LogP contribution < -0.4 is 5.32 Å². The van der Waals surface area contributed by atoms with Crippen molar-refractivity contribution in [3.63, 3.8) is 0 Å². The number of thioether (sulfide) groups is 1. The van der Waals surface area contributed by atoms with Crippen LogP contribution in [-0.4, -0.2) is 67.6 Å². The van der Waals surface area contributed by atoms with E-state index in [1.807, 2.05) is 0 Å². The summed E-state index contributed by atoms with van der Waals surface area (Å²) >= 11 is 1.62. The Bertz CT molecular complexity index is 491. The predicted molar refractivity (Wildman–Crippen MR) is 91.4 cm³/mol. The van der Waals surface area contributed by atoms with Gasteiger partial charge in [0.2, 0.25) is 5.91 Å². The minimum Gasteiger partial charge on any atom is -0.370 e. The van der Waals surface area contributed by atoms with Gasteiger partial charge in [0, 0.05) is 11.7 Å². The molecule has 142 valence electrons. The van der Waals surface area contributed by atoms with Gasteiger partial charge in [-0.1, -0.05) is 6.92 Å². The molecule has 1 heterocycles. The number of rotatable bonds is 13. The topological polar surface area (TPSA) is 114 Å². The number of hydrogen-bond donors (Lipinski definition) is 2. The lowest BCUT2D eigenvalue weighted by atomic mass is 10.1. The zero-order valence-electron chi connectivity index (χ0n) is 14.3. The maximum absolute atomic E-state index is 12.1. The van der Waals surface area contributed by atoms with Crippen LogP contribution in [0.5, 0.6) is 0 Å². The zero-order chi connectivity index (χ0) is 18.2. The Hall–Kier alpha value is -0.390. The second-order valence-corrected chi connectivity index (χ2v) is 9.09. The van der Waals surface area contributed by atoms with Crippen LogP contribution in [0.25, 0.3) is 0 Å². The van der Waals surface area contributed by atoms with E-state index in [1.54, 1.807) is 32.5 Å². The fraction of sp³-hybridized carbons (Fsp3) is 0.929. The lowest BCUT2D eigenvalue weighted by Gasteiger charge is -2.26. The first-order chi connectivity index (χ1) is 11.1. The van der Waals surface area contributed by atoms with E-state index in [0.717, 1.165) is 18.8 Å². The van der Waals surface area contributed by atoms with E-state index in [2.05, 4.69) is 5.32 Å². The molecule has 0 bridgehead atoms. The maximum Gasteiger partial charge on any atom is 0.267 e. The molecule has 10 heteroatoms. The molecule has 0 saturated carbocycles. The summed E-state index contributed by atoms with van der Waals surface area (Å²) in [5.41, 5.74) is -1.01. The SMILES string of the molecule is CC(CSCCCOOCC1CO1)C(=O)NC(C)(C)CS(=O)(=O)O. The normalized spacial score (nSPS) is 19.1. The highest BCUT2D eigenvalue weighted by molar-refractivity contribution is 7.99. The van der Waals surface area contributed by atoms with Gasteiger partial charge < -0.3 is 10.1 Å². The van der Waals surface area contributed by atoms with E-state index in [0.29, 0.717) is 19.0 Å². The van der Waals surface area contributed by atoms with E-state index >= 15 is 0 Å². The molecule has 0 spiro atoms. The Kier molecular flexibility index (Phi) is 8.96. The molecule has 1 aliphatic rings. The van der Waals surface area contributed by atoms with Crippen LogP contribution >= 0.6 is 11.8 Å². The summed E-state index contributed by atoms with van der Waals surface area (Å²) in [7, 11) is -4.14. The minimum atomic E-state index is -4.14. The summed E-state index contributed by atoms with van der Waals surface area (Å²) in [4.78, 5) is 22.0. The molecule has 0 aromatic rings. The minimum absolute atomic E-state index is 0.184. The number of hydrogen-bond acceptors (Lipinski definition) is 7. The maximum atomic E-state index is 12.1. The smallest absolute Gasteiger partial charge is 0.267 e. The Morgan fingerprint density at radius 2 is 2.12 bits per heavy atom. The average Bonchev–Trinajstić information content (AvgIpc) is 3.22. The molecule has 24 heavy (non-hydrogen) atoms. The standard InChI is InChI=1S/C14H27NO7S2/c1-11(13(16)15-14(2,3)10-24(17,18)19)9-23-6-4-5-21-22-8-12-7-20-12/h11-12H,4-10H2,1-3H3,(H,15,16)(H,17,18,19). The molecule has 0 aromatic carbocycles. The highest BCUT2D eigenvalue weighted by atomic mass is 32.2. The van der Waals surface area contributed by atoms with Crippen LogP contribution in [0.15, 0.2) is 0 Å². The van der Waals surface area contributed by atoms with Crippen molar-refractivity contribution < 1.29 is 32.3 Å². The molecule has 1 aliphatic heterocycles. The number of epoxide rings is 1. The average molecular weight is 386 g/mol. The second kappa shape index (κ2) is 9.93. The van der Waals surface area contributed by atoms with Gasteiger partial charge in [0.25, 0.3) is 10.1 Å². The number of nitrogens with one attached hydrogen (secondary N) is 1. The summed E-state index contributed by atoms with van der Waals surface area (Å²) in [6.45, 7) is 6.58. The monoisotopic (exact) mass is 385 g/mol. The predicted octanol–water partition coefficient (Wildman–Crippen LogP) is 0.875. The summed E-state index contributed by atoms with van der Waals surface area (Å²) < 4.78 is 35.7. The summed E-state index contributed by atoms with van der Waals surface area (Å²) in [5.74, 6) is 0.425. The molecule has 2 unspecified atom stereocenters. The van der Waals surface area contributed by atoms with Crippen LogP contribution in [0.4, 0.5) is 0 Å². The number of carbonyl (C=O) groups is 1. The Morgan fingerprint density at radius 1 is 1.46 bits per heavy atom. The summed E-state index contributed by atoms with van der Waals surface area (Å²) in [6, 6.07) is 0. The Labute approximate surface area is 147 Å². The van der Waals surface area contributed by atoms with Crippen molar-refractivity contribution in [1.82, 2.24) is 5.32 Å². The van der Waals surface area contributed by atoms with Gasteiger partial charge in [-0.3, -0.25) is 9.35 Å². The van der Waals surface area contributed by atoms with Crippen LogP contribution in [0.1, 0.15) is 27.2 Å². The lowest BCUT2D eigenvalue weighted by Crippen LogP contribution is -2.50. The van der Waals surface area contributed by atoms with E-state index in [-0.39, 0.29) is 17.9 Å². The first-order valence-electron chi connectivity index (χ1n) is 7.80. The van der Waals surface area contributed by atoms with Crippen LogP contribution in [0, 0.1) is 5.92 Å². The third-order valence-corrected chi connectivity index (χ3v) is 5.48. The summed E-state index contributed by atoms with van der Waals surface area (Å²) in [6.07, 6.45) is 0.988. The van der Waals surface area contributed by atoms with Gasteiger partial charge in [-0.05, 0) is 26.0 Å². The molecular formula is C14H27NO7S2. The summed E-state index contributed by atoms with van der Waals surface area (Å²) in [5, 5.41) is 2.65. The quantitative estimate of drug-likeness (QED) is 0.158. The van der Waals surface area contributed by atoms with Gasteiger partial charge in [0.15, 0.2) is 0 Å². The Morgan fingerprint density at radius 3 is 2.71 bits per heavy atom. The van der Waals surface area contributed by atoms with Crippen LogP contribution in [0.2, 0.25) is 0 Å². The molecule has 1 amide bonds. The lowest BCUT2D eigenvalue weighted by molar-refractivity contribution is -0.295. The van der Waals surface area contributed by atoms with Crippen molar-refractivity contribution in [3.8, 4) is 0 Å². The molecule has 2 N–H and O–H groups in total. The number of amides is 1. The van der Waals surface area contributed by atoms with Crippen molar-refractivity contribution in [2.45, 2.75) is 38.8 Å². The van der Waals surface area contributed by atoms with Gasteiger partial charge in [-0.15, -0.1) is 0 Å². The second-order valence-electron chi connectivity index (χ2n) is 6.49. The molecule has 2 atom stereocenters. The number of carbonyl (C=O) groups excluding carboxylic acids is 1. The van der Waals surface area contributed by atoms with Crippen molar-refractivity contribution in [2.75, 3.05) is 37.1 Å². The molecule has 1 rings (SSSR count). The molecule has 1 fully saturated rings. The zero-order valence-corrected chi connectivity index (χ0v) is 16.0. The Balaban J connectivity index is 2.08. The van der Waals surface area contributed by atoms with Crippen molar-refractivity contribution in [1.29, 1.82) is 0 Å². The fourth-order valence-electron chi connectivity index (χ4n) is 1.85. The van der Waals surface area contributed by atoms with E-state index < -0.39 is 21.4 Å². The first kappa shape index (κ1) is 21.7. The molecule has 1 saturated heterocycles. The third-order valence-electron chi connectivity index (χ3n) is 3.08. The van der Waals surface area contributed by atoms with Gasteiger partial charge in [0.1, 0.15) is 12.7 Å². The van der Waals surface area contributed by atoms with Crippen molar-refractivity contribution in [3.05, 3.63) is 0 Å². The first-order valence-corrected chi connectivity index (χ1v) is 10.6. The van der Waals surface area contributed by atoms with Gasteiger partial charge in [-0.25, -0.2) is 9.78 Å². The number of ether oxygens (including phenoxy) is 1. The highest BCUT2D eigenvalue weighted by Crippen LogP contribution is 2.13. The van der Waals surface area contributed by atoms with Crippen molar-refractivity contribution in [2.24, 2.45) is 5.92 Å². The largest absolute Gasteiger partial charge is 0.370 e. The van der Waals surface area contributed by atoms with E-state index in [4.69, 9.17) is 19.1 Å². The highest BCUT2D eigenvalue weighted by Gasteiger charge is 2.28. The van der Waals surface area contributed by atoms with E-state index in [1.165, 1.54) is 0 Å². The van der Waals surface area contributed by atoms with Gasteiger partial charge in [-0.2, -0.15) is 20.2 Å². The van der Waals surface area contributed by atoms with Gasteiger partial charge >= 0.3 is 0 Å². The van der Waals surface area contributed by atoms with E-state index in [9.17, 15) is 13.2 Å². The molecule has 0 aromatic heterocycles. The van der Waals surface area contributed by atoms with Crippen LogP contribution in [0.3, 0.4) is 0 Å². The fourth-order valence-corrected chi connectivity index (χ4v) is 3.83. The molecule has 8 nitrogen and oxygen atoms in total. The van der Waals surface area contributed by atoms with Crippen molar-refractivity contribution >= 4 is 27.8 Å². The molecule has 0 aliphatic carbocycles. The third kappa shape index (κ3) is 11.2. The van der Waals surface area contributed by atoms with Crippen LogP contribution in [-0.2, 0) is 29.4 Å². The van der Waals surface area contributed by atoms with Gasteiger partial charge in [0.05, 0.1) is 24.5 Å². The molecular weight excluding hydrogens is 358 g/mol.